The highest BCUT2D eigenvalue weighted by Crippen LogP contribution is 2.31. The highest BCUT2D eigenvalue weighted by Gasteiger charge is 2.05. The molecule has 0 spiro atoms. The van der Waals surface area contributed by atoms with E-state index in [1.54, 1.807) is 18.4 Å². The molecule has 0 radical (unpaired) electrons. The van der Waals surface area contributed by atoms with E-state index in [-0.39, 0.29) is 0 Å². The third-order valence-corrected chi connectivity index (χ3v) is 3.33. The summed E-state index contributed by atoms with van der Waals surface area (Å²) in [4.78, 5) is 4.39. The molecule has 0 unspecified atom stereocenters. The van der Waals surface area contributed by atoms with Crippen LogP contribution in [0.4, 0.5) is 0 Å². The fourth-order valence-corrected chi connectivity index (χ4v) is 2.53. The first-order chi connectivity index (χ1) is 7.40. The fraction of sp³-hybridized carbons (Fsp3) is 0.0833. The summed E-state index contributed by atoms with van der Waals surface area (Å²) in [5, 5.41) is 2.28. The first-order valence-corrected chi connectivity index (χ1v) is 5.57. The molecule has 0 N–H and O–H groups in total. The molecule has 0 aliphatic heterocycles. The van der Waals surface area contributed by atoms with Crippen LogP contribution >= 0.6 is 11.3 Å². The third kappa shape index (κ3) is 1.20. The predicted octanol–water partition coefficient (Wildman–Crippen LogP) is 3.46. The van der Waals surface area contributed by atoms with Crippen molar-refractivity contribution in [3.8, 4) is 5.75 Å². The number of rotatable bonds is 1. The Morgan fingerprint density at radius 1 is 1.13 bits per heavy atom. The maximum atomic E-state index is 5.33. The molecule has 0 bridgehead atoms. The predicted molar refractivity (Wildman–Crippen MR) is 63.7 cm³/mol. The molecule has 0 atom stereocenters. The van der Waals surface area contributed by atoms with Crippen LogP contribution in [-0.2, 0) is 0 Å². The maximum Gasteiger partial charge on any atom is 0.126 e. The van der Waals surface area contributed by atoms with Gasteiger partial charge in [0, 0.05) is 10.8 Å². The Morgan fingerprint density at radius 2 is 2.07 bits per heavy atom. The van der Waals surface area contributed by atoms with Gasteiger partial charge in [-0.1, -0.05) is 12.1 Å². The highest BCUT2D eigenvalue weighted by atomic mass is 32.1. The minimum absolute atomic E-state index is 0.905. The number of aromatic nitrogens is 1. The van der Waals surface area contributed by atoms with Gasteiger partial charge in [-0.25, -0.2) is 4.98 Å². The Labute approximate surface area is 91.1 Å². The lowest BCUT2D eigenvalue weighted by atomic mass is 10.1. The van der Waals surface area contributed by atoms with Crippen molar-refractivity contribution in [3.63, 3.8) is 0 Å². The summed E-state index contributed by atoms with van der Waals surface area (Å²) in [6.45, 7) is 0. The number of fused-ring (bicyclic) bond motifs is 3. The van der Waals surface area contributed by atoms with Crippen molar-refractivity contribution >= 4 is 32.3 Å². The molecule has 74 valence electrons. The summed E-state index contributed by atoms with van der Waals surface area (Å²) in [6.07, 6.45) is 0. The van der Waals surface area contributed by atoms with Gasteiger partial charge in [0.2, 0.25) is 0 Å². The zero-order valence-corrected chi connectivity index (χ0v) is 9.04. The molecule has 0 amide bonds. The van der Waals surface area contributed by atoms with Crippen molar-refractivity contribution in [2.45, 2.75) is 0 Å². The normalized spacial score (nSPS) is 11.0. The van der Waals surface area contributed by atoms with Gasteiger partial charge in [-0.2, -0.15) is 0 Å². The van der Waals surface area contributed by atoms with E-state index in [4.69, 9.17) is 4.74 Å². The molecule has 0 saturated heterocycles. The standard InChI is InChI=1S/C12H9NOS/c1-14-10-4-2-3-9-8(10)5-6-11-12(9)13-7-15-11/h2-7H,1H3. The van der Waals surface area contributed by atoms with Crippen molar-refractivity contribution in [1.29, 1.82) is 0 Å². The molecule has 3 rings (SSSR count). The SMILES string of the molecule is COc1cccc2c1ccc1scnc12. The second-order valence-electron chi connectivity index (χ2n) is 3.32. The van der Waals surface area contributed by atoms with E-state index in [0.717, 1.165) is 22.0 Å². The lowest BCUT2D eigenvalue weighted by molar-refractivity contribution is 0.420. The minimum atomic E-state index is 0.905. The smallest absolute Gasteiger partial charge is 0.126 e. The van der Waals surface area contributed by atoms with Crippen LogP contribution in [0, 0.1) is 0 Å². The van der Waals surface area contributed by atoms with Crippen molar-refractivity contribution in [2.75, 3.05) is 7.11 Å². The van der Waals surface area contributed by atoms with E-state index < -0.39 is 0 Å². The zero-order valence-electron chi connectivity index (χ0n) is 8.23. The number of benzene rings is 2. The second-order valence-corrected chi connectivity index (χ2v) is 4.21. The lowest BCUT2D eigenvalue weighted by Gasteiger charge is -2.04. The molecule has 15 heavy (non-hydrogen) atoms. The Morgan fingerprint density at radius 3 is 2.93 bits per heavy atom. The van der Waals surface area contributed by atoms with Gasteiger partial charge in [0.25, 0.3) is 0 Å². The van der Waals surface area contributed by atoms with Crippen LogP contribution in [0.5, 0.6) is 5.75 Å². The summed E-state index contributed by atoms with van der Waals surface area (Å²) < 4.78 is 6.55. The average Bonchev–Trinajstić information content (AvgIpc) is 2.76. The van der Waals surface area contributed by atoms with Crippen LogP contribution < -0.4 is 4.74 Å². The van der Waals surface area contributed by atoms with E-state index in [1.807, 2.05) is 17.6 Å². The van der Waals surface area contributed by atoms with Crippen molar-refractivity contribution in [3.05, 3.63) is 35.8 Å². The third-order valence-electron chi connectivity index (χ3n) is 2.54. The molecular weight excluding hydrogens is 206 g/mol. The van der Waals surface area contributed by atoms with Crippen LogP contribution in [0.1, 0.15) is 0 Å². The second kappa shape index (κ2) is 3.21. The van der Waals surface area contributed by atoms with Crippen LogP contribution in [-0.4, -0.2) is 12.1 Å². The molecule has 3 heteroatoms. The maximum absolute atomic E-state index is 5.33. The number of hydrogen-bond donors (Lipinski definition) is 0. The molecule has 1 heterocycles. The quantitative estimate of drug-likeness (QED) is 0.620. The molecule has 0 saturated carbocycles. The van der Waals surface area contributed by atoms with Gasteiger partial charge < -0.3 is 4.74 Å². The van der Waals surface area contributed by atoms with Crippen molar-refractivity contribution < 1.29 is 4.74 Å². The molecule has 2 nitrogen and oxygen atoms in total. The largest absolute Gasteiger partial charge is 0.496 e. The van der Waals surface area contributed by atoms with Gasteiger partial charge >= 0.3 is 0 Å². The Kier molecular flexibility index (Phi) is 1.86. The van der Waals surface area contributed by atoms with Gasteiger partial charge in [-0.3, -0.25) is 0 Å². The van der Waals surface area contributed by atoms with Crippen LogP contribution in [0.15, 0.2) is 35.8 Å². The number of ether oxygens (including phenoxy) is 1. The van der Waals surface area contributed by atoms with E-state index in [1.165, 1.54) is 4.70 Å². The Balaban J connectivity index is 2.53. The molecule has 1 aromatic heterocycles. The van der Waals surface area contributed by atoms with E-state index >= 15 is 0 Å². The van der Waals surface area contributed by atoms with E-state index in [2.05, 4.69) is 23.2 Å². The summed E-state index contributed by atoms with van der Waals surface area (Å²) in [6, 6.07) is 10.2. The molecule has 2 aromatic carbocycles. The number of thiazole rings is 1. The topological polar surface area (TPSA) is 22.1 Å². The highest BCUT2D eigenvalue weighted by molar-refractivity contribution is 7.16. The first-order valence-electron chi connectivity index (χ1n) is 4.69. The number of methoxy groups -OCH3 is 1. The molecular formula is C12H9NOS. The van der Waals surface area contributed by atoms with Crippen LogP contribution in [0.3, 0.4) is 0 Å². The molecule has 3 aromatic rings. The monoisotopic (exact) mass is 215 g/mol. The van der Waals surface area contributed by atoms with Gasteiger partial charge in [0.15, 0.2) is 0 Å². The number of hydrogen-bond acceptors (Lipinski definition) is 3. The summed E-state index contributed by atoms with van der Waals surface area (Å²) >= 11 is 1.66. The van der Waals surface area contributed by atoms with Gasteiger partial charge in [0.1, 0.15) is 5.75 Å². The average molecular weight is 215 g/mol. The number of nitrogens with zero attached hydrogens (tertiary/aromatic N) is 1. The van der Waals surface area contributed by atoms with E-state index in [9.17, 15) is 0 Å². The fourth-order valence-electron chi connectivity index (χ4n) is 1.84. The van der Waals surface area contributed by atoms with Crippen LogP contribution in [0.2, 0.25) is 0 Å². The zero-order chi connectivity index (χ0) is 10.3. The van der Waals surface area contributed by atoms with Gasteiger partial charge in [-0.15, -0.1) is 11.3 Å². The van der Waals surface area contributed by atoms with Gasteiger partial charge in [-0.05, 0) is 18.2 Å². The first kappa shape index (κ1) is 8.68. The molecule has 0 aliphatic rings. The minimum Gasteiger partial charge on any atom is -0.496 e. The summed E-state index contributed by atoms with van der Waals surface area (Å²) in [5.41, 5.74) is 2.94. The molecule has 0 fully saturated rings. The van der Waals surface area contributed by atoms with Crippen molar-refractivity contribution in [2.24, 2.45) is 0 Å². The Hall–Kier alpha value is -1.61. The lowest BCUT2D eigenvalue weighted by Crippen LogP contribution is -1.84. The van der Waals surface area contributed by atoms with E-state index in [0.29, 0.717) is 0 Å². The van der Waals surface area contributed by atoms with Crippen molar-refractivity contribution in [1.82, 2.24) is 4.98 Å². The van der Waals surface area contributed by atoms with Gasteiger partial charge in [0.05, 0.1) is 22.8 Å². The summed E-state index contributed by atoms with van der Waals surface area (Å²) in [5.74, 6) is 0.905. The Bertz CT molecular complexity index is 630. The molecule has 0 aliphatic carbocycles. The summed E-state index contributed by atoms with van der Waals surface area (Å²) in [7, 11) is 1.69. The van der Waals surface area contributed by atoms with Crippen LogP contribution in [0.25, 0.3) is 21.0 Å².